The van der Waals surface area contributed by atoms with E-state index in [2.05, 4.69) is 25.9 Å². The fraction of sp³-hybridized carbons (Fsp3) is 0.294. The molecule has 8 nitrogen and oxygen atoms in total. The van der Waals surface area contributed by atoms with Crippen LogP contribution in [0.4, 0.5) is 0 Å². The van der Waals surface area contributed by atoms with Gasteiger partial charge in [0.1, 0.15) is 15.8 Å². The number of benzene rings is 2. The zero-order valence-corrected chi connectivity index (χ0v) is 28.0. The lowest BCUT2D eigenvalue weighted by molar-refractivity contribution is 0.00571. The maximum atomic E-state index is 12.1. The number of ether oxygens (including phenoxy) is 2. The van der Waals surface area contributed by atoms with Crippen LogP contribution in [0.2, 0.25) is 0 Å². The van der Waals surface area contributed by atoms with E-state index in [0.29, 0.717) is 11.1 Å². The van der Waals surface area contributed by atoms with Crippen LogP contribution in [0.1, 0.15) is 73.4 Å². The van der Waals surface area contributed by atoms with E-state index in [1.165, 1.54) is 17.7 Å². The number of nitrogens with zero attached hydrogens (tertiary/aromatic N) is 2. The van der Waals surface area contributed by atoms with E-state index in [1.807, 2.05) is 77.1 Å². The molecule has 2 heterocycles. The van der Waals surface area contributed by atoms with Gasteiger partial charge < -0.3 is 19.5 Å². The van der Waals surface area contributed by atoms with Crippen molar-refractivity contribution in [1.29, 1.82) is 0 Å². The van der Waals surface area contributed by atoms with Crippen molar-refractivity contribution < 1.29 is 29.1 Å². The second-order valence-electron chi connectivity index (χ2n) is 11.9. The monoisotopic (exact) mass is 662 g/mol. The predicted octanol–water partition coefficient (Wildman–Crippen LogP) is 6.49. The molecule has 0 spiro atoms. The molecule has 2 aromatic heterocycles. The van der Waals surface area contributed by atoms with Gasteiger partial charge in [-0.15, -0.1) is 0 Å². The van der Waals surface area contributed by atoms with E-state index >= 15 is 0 Å². The third-order valence-corrected chi connectivity index (χ3v) is 6.38. The van der Waals surface area contributed by atoms with Gasteiger partial charge in [0.05, 0.1) is 16.8 Å². The molecule has 2 aromatic carbocycles. The number of esters is 2. The Morgan fingerprint density at radius 1 is 0.705 bits per heavy atom. The molecule has 4 aromatic rings. The summed E-state index contributed by atoms with van der Waals surface area (Å²) in [5.41, 5.74) is 4.12. The number of hydrogen-bond donors (Lipinski definition) is 2. The van der Waals surface area contributed by atoms with E-state index in [0.717, 1.165) is 21.4 Å². The topological polar surface area (TPSA) is 119 Å². The SMILES string of the molecule is CC(C)(C)OC(=O)c1cccc(B(O)O)c1.Cc1cccnc1-c1cccc(C(=O)OC(C)(C)C)c1.Cc1cccnc1Br. The number of carbonyl (C=O) groups is 2. The smallest absolute Gasteiger partial charge is 0.456 e. The number of halogens is 1. The van der Waals surface area contributed by atoms with Crippen molar-refractivity contribution in [3.63, 3.8) is 0 Å². The van der Waals surface area contributed by atoms with Crippen molar-refractivity contribution in [3.05, 3.63) is 112 Å². The van der Waals surface area contributed by atoms with E-state index in [4.69, 9.17) is 19.5 Å². The van der Waals surface area contributed by atoms with Crippen LogP contribution < -0.4 is 5.46 Å². The molecule has 0 atom stereocenters. The number of aromatic nitrogens is 2. The molecule has 232 valence electrons. The summed E-state index contributed by atoms with van der Waals surface area (Å²) in [7, 11) is -1.58. The van der Waals surface area contributed by atoms with Crippen LogP contribution in [0, 0.1) is 13.8 Å². The van der Waals surface area contributed by atoms with Gasteiger partial charge in [0.15, 0.2) is 0 Å². The molecule has 2 N–H and O–H groups in total. The Labute approximate surface area is 268 Å². The number of rotatable bonds is 4. The van der Waals surface area contributed by atoms with Crippen molar-refractivity contribution in [2.45, 2.75) is 66.6 Å². The Kier molecular flexibility index (Phi) is 13.4. The van der Waals surface area contributed by atoms with Crippen LogP contribution >= 0.6 is 15.9 Å². The molecule has 0 aliphatic heterocycles. The first-order valence-electron chi connectivity index (χ1n) is 14.0. The van der Waals surface area contributed by atoms with Gasteiger partial charge in [0.25, 0.3) is 0 Å². The number of carbonyl (C=O) groups excluding carboxylic acids is 2. The quantitative estimate of drug-likeness (QED) is 0.145. The lowest BCUT2D eigenvalue weighted by Gasteiger charge is -2.19. The van der Waals surface area contributed by atoms with Gasteiger partial charge in [-0.25, -0.2) is 14.6 Å². The highest BCUT2D eigenvalue weighted by molar-refractivity contribution is 9.10. The minimum Gasteiger partial charge on any atom is -0.456 e. The van der Waals surface area contributed by atoms with Gasteiger partial charge in [0, 0.05) is 18.0 Å². The zero-order valence-electron chi connectivity index (χ0n) is 26.5. The van der Waals surface area contributed by atoms with Gasteiger partial charge in [-0.2, -0.15) is 0 Å². The van der Waals surface area contributed by atoms with E-state index in [-0.39, 0.29) is 11.4 Å². The molecule has 4 rings (SSSR count). The minimum atomic E-state index is -1.58. The molecule has 44 heavy (non-hydrogen) atoms. The van der Waals surface area contributed by atoms with Crippen molar-refractivity contribution in [1.82, 2.24) is 9.97 Å². The third-order valence-electron chi connectivity index (χ3n) is 5.54. The summed E-state index contributed by atoms with van der Waals surface area (Å²) in [6.07, 6.45) is 3.51. The molecule has 0 radical (unpaired) electrons. The molecule has 0 unspecified atom stereocenters. The third kappa shape index (κ3) is 12.8. The van der Waals surface area contributed by atoms with Gasteiger partial charge in [-0.1, -0.05) is 36.4 Å². The lowest BCUT2D eigenvalue weighted by Crippen LogP contribution is -2.31. The Morgan fingerprint density at radius 3 is 1.66 bits per heavy atom. The summed E-state index contributed by atoms with van der Waals surface area (Å²) < 4.78 is 11.5. The molecule has 0 bridgehead atoms. The standard InChI is InChI=1S/C17H19NO2.C11H15BO4.C6H6BrN/c1-12-7-6-10-18-15(12)13-8-5-9-14(11-13)16(19)20-17(2,3)4;1-11(2,3)16-10(13)8-5-4-6-9(7-8)12(14)15;1-5-3-2-4-8-6(5)7/h5-11H,1-4H3;4-7,14-15H,1-3H3;2-4H,1H3. The molecule has 0 amide bonds. The Balaban J connectivity index is 0.000000250. The van der Waals surface area contributed by atoms with E-state index < -0.39 is 24.3 Å². The summed E-state index contributed by atoms with van der Waals surface area (Å²) in [4.78, 5) is 32.1. The Hall–Kier alpha value is -3.86. The van der Waals surface area contributed by atoms with Gasteiger partial charge >= 0.3 is 19.1 Å². The molecular weight excluding hydrogens is 623 g/mol. The lowest BCUT2D eigenvalue weighted by atomic mass is 9.80. The van der Waals surface area contributed by atoms with Gasteiger partial charge in [0.2, 0.25) is 0 Å². The summed E-state index contributed by atoms with van der Waals surface area (Å²) in [5.74, 6) is -0.789. The van der Waals surface area contributed by atoms with Crippen LogP contribution in [0.3, 0.4) is 0 Å². The van der Waals surface area contributed by atoms with Crippen LogP contribution in [-0.2, 0) is 9.47 Å². The average molecular weight is 663 g/mol. The van der Waals surface area contributed by atoms with Crippen LogP contribution in [-0.4, -0.2) is 50.3 Å². The highest BCUT2D eigenvalue weighted by atomic mass is 79.9. The van der Waals surface area contributed by atoms with E-state index in [9.17, 15) is 9.59 Å². The molecule has 0 fully saturated rings. The van der Waals surface area contributed by atoms with Crippen LogP contribution in [0.25, 0.3) is 11.3 Å². The van der Waals surface area contributed by atoms with Crippen LogP contribution in [0.5, 0.6) is 0 Å². The summed E-state index contributed by atoms with van der Waals surface area (Å²) in [5, 5.41) is 17.9. The molecular formula is C34H40BBrN2O6. The Morgan fingerprint density at radius 2 is 1.20 bits per heavy atom. The number of aryl methyl sites for hydroxylation is 2. The van der Waals surface area contributed by atoms with Crippen LogP contribution in [0.15, 0.2) is 89.8 Å². The first-order chi connectivity index (χ1) is 20.5. The highest BCUT2D eigenvalue weighted by Gasteiger charge is 2.20. The molecule has 0 aliphatic carbocycles. The zero-order chi connectivity index (χ0) is 33.1. The molecule has 0 saturated carbocycles. The Bertz CT molecular complexity index is 1530. The first kappa shape index (κ1) is 36.3. The van der Waals surface area contributed by atoms with Crippen molar-refractivity contribution in [2.24, 2.45) is 0 Å². The van der Waals surface area contributed by atoms with Crippen molar-refractivity contribution >= 4 is 40.4 Å². The van der Waals surface area contributed by atoms with Gasteiger partial charge in [-0.05, 0) is 124 Å². The first-order valence-corrected chi connectivity index (χ1v) is 14.8. The fourth-order valence-electron chi connectivity index (χ4n) is 3.55. The average Bonchev–Trinajstić information content (AvgIpc) is 2.94. The maximum Gasteiger partial charge on any atom is 0.488 e. The summed E-state index contributed by atoms with van der Waals surface area (Å²) in [6, 6.07) is 21.3. The molecule has 0 saturated heterocycles. The second-order valence-corrected chi connectivity index (χ2v) is 12.6. The largest absolute Gasteiger partial charge is 0.488 e. The van der Waals surface area contributed by atoms with Gasteiger partial charge in [-0.3, -0.25) is 4.98 Å². The van der Waals surface area contributed by atoms with E-state index in [1.54, 1.807) is 51.4 Å². The fourth-order valence-corrected chi connectivity index (χ4v) is 3.80. The molecule has 0 aliphatic rings. The summed E-state index contributed by atoms with van der Waals surface area (Å²) >= 11 is 3.28. The highest BCUT2D eigenvalue weighted by Crippen LogP contribution is 2.22. The summed E-state index contributed by atoms with van der Waals surface area (Å²) in [6.45, 7) is 14.9. The second kappa shape index (κ2) is 16.3. The predicted molar refractivity (Wildman–Crippen MR) is 178 cm³/mol. The minimum absolute atomic E-state index is 0.267. The normalized spacial score (nSPS) is 10.8. The maximum absolute atomic E-state index is 12.1. The van der Waals surface area contributed by atoms with Crippen molar-refractivity contribution in [3.8, 4) is 11.3 Å². The number of hydrogen-bond acceptors (Lipinski definition) is 8. The molecule has 10 heteroatoms. The van der Waals surface area contributed by atoms with Crippen molar-refractivity contribution in [2.75, 3.05) is 0 Å². The number of pyridine rings is 2.